The van der Waals surface area contributed by atoms with Gasteiger partial charge in [-0.3, -0.25) is 4.90 Å². The van der Waals surface area contributed by atoms with Crippen molar-refractivity contribution in [3.63, 3.8) is 0 Å². The van der Waals surface area contributed by atoms with Gasteiger partial charge in [0.25, 0.3) is 0 Å². The Morgan fingerprint density at radius 3 is 1.47 bits per heavy atom. The highest BCUT2D eigenvalue weighted by Gasteiger charge is 2.11. The fourth-order valence-electron chi connectivity index (χ4n) is 1.20. The number of hydrogen-bond donors (Lipinski definition) is 1. The van der Waals surface area contributed by atoms with E-state index in [0.29, 0.717) is 0 Å². The summed E-state index contributed by atoms with van der Waals surface area (Å²) in [5.74, 6) is 0. The van der Waals surface area contributed by atoms with Gasteiger partial charge in [-0.2, -0.15) is 0 Å². The summed E-state index contributed by atoms with van der Waals surface area (Å²) in [7, 11) is 0. The highest BCUT2D eigenvalue weighted by Crippen LogP contribution is 1.97. The van der Waals surface area contributed by atoms with Crippen LogP contribution in [0.25, 0.3) is 0 Å². The van der Waals surface area contributed by atoms with Crippen LogP contribution >= 0.6 is 0 Å². The summed E-state index contributed by atoms with van der Waals surface area (Å²) in [6.07, 6.45) is 0. The van der Waals surface area contributed by atoms with Crippen LogP contribution in [0, 0.1) is 0 Å². The van der Waals surface area contributed by atoms with Crippen molar-refractivity contribution < 1.29 is 0 Å². The van der Waals surface area contributed by atoms with E-state index in [-0.39, 0.29) is 15.8 Å². The predicted octanol–water partition coefficient (Wildman–Crippen LogP) is 2.61. The minimum Gasteiger partial charge on any atom is -0.314 e. The van der Waals surface area contributed by atoms with E-state index in [9.17, 15) is 0 Å². The quantitative estimate of drug-likeness (QED) is 0.676. The van der Waals surface area contributed by atoms with Crippen molar-refractivity contribution in [3.8, 4) is 0 Å². The standard InChI is InChI=1S/C7H16N2.2C2H6.CH4.B/c1-7(2)9-5-3-8-4-6-9;2*1-2;;/h7-8H,3-6H2,1-2H3;2*1-2H3;1H4;. The molecule has 0 amide bonds. The zero-order valence-corrected chi connectivity index (χ0v) is 10.9. The third kappa shape index (κ3) is 14.0. The Bertz CT molecular complexity index is 81.7. The lowest BCUT2D eigenvalue weighted by Crippen LogP contribution is -2.46. The Morgan fingerprint density at radius 2 is 1.27 bits per heavy atom. The molecule has 0 aromatic heterocycles. The molecule has 3 heteroatoms. The van der Waals surface area contributed by atoms with Crippen LogP contribution in [0.4, 0.5) is 0 Å². The molecule has 0 atom stereocenters. The molecule has 0 aromatic rings. The van der Waals surface area contributed by atoms with Crippen molar-refractivity contribution in [2.75, 3.05) is 26.2 Å². The molecule has 1 saturated heterocycles. The molecular formula is C12H32BN2. The summed E-state index contributed by atoms with van der Waals surface area (Å²) < 4.78 is 0. The van der Waals surface area contributed by atoms with Crippen molar-refractivity contribution >= 4 is 8.41 Å². The molecule has 0 bridgehead atoms. The minimum atomic E-state index is 0. The summed E-state index contributed by atoms with van der Waals surface area (Å²) in [4.78, 5) is 2.50. The van der Waals surface area contributed by atoms with Crippen LogP contribution in [0.2, 0.25) is 0 Å². The van der Waals surface area contributed by atoms with Gasteiger partial charge in [-0.25, -0.2) is 0 Å². The molecule has 1 rings (SSSR count). The molecule has 2 nitrogen and oxygen atoms in total. The monoisotopic (exact) mass is 215 g/mol. The van der Waals surface area contributed by atoms with Gasteiger partial charge in [-0.1, -0.05) is 35.1 Å². The Balaban J connectivity index is -0.0000000910. The summed E-state index contributed by atoms with van der Waals surface area (Å²) in [6.45, 7) is 17.3. The van der Waals surface area contributed by atoms with Gasteiger partial charge in [0.15, 0.2) is 0 Å². The number of nitrogens with zero attached hydrogens (tertiary/aromatic N) is 1. The molecule has 0 aliphatic carbocycles. The van der Waals surface area contributed by atoms with E-state index in [2.05, 4.69) is 24.1 Å². The first-order valence-corrected chi connectivity index (χ1v) is 5.75. The van der Waals surface area contributed by atoms with Crippen molar-refractivity contribution in [2.45, 2.75) is 55.0 Å². The van der Waals surface area contributed by atoms with Gasteiger partial charge in [0.05, 0.1) is 0 Å². The maximum atomic E-state index is 3.33. The highest BCUT2D eigenvalue weighted by atomic mass is 15.2. The van der Waals surface area contributed by atoms with Crippen LogP contribution in [0.5, 0.6) is 0 Å². The Labute approximate surface area is 100 Å². The normalized spacial score (nSPS) is 14.6. The zero-order valence-electron chi connectivity index (χ0n) is 10.9. The summed E-state index contributed by atoms with van der Waals surface area (Å²) in [5, 5.41) is 3.33. The molecule has 1 aliphatic heterocycles. The average Bonchev–Trinajstić information content (AvgIpc) is 2.25. The Hall–Kier alpha value is -0.0151. The van der Waals surface area contributed by atoms with E-state index in [1.807, 2.05) is 27.7 Å². The summed E-state index contributed by atoms with van der Waals surface area (Å²) >= 11 is 0. The van der Waals surface area contributed by atoms with Crippen molar-refractivity contribution in [1.82, 2.24) is 10.2 Å². The number of piperazine rings is 1. The van der Waals surface area contributed by atoms with Crippen LogP contribution in [0.1, 0.15) is 49.0 Å². The van der Waals surface area contributed by atoms with Gasteiger partial charge in [0.2, 0.25) is 0 Å². The van der Waals surface area contributed by atoms with Crippen molar-refractivity contribution in [2.24, 2.45) is 0 Å². The Kier molecular flexibility index (Phi) is 31.6. The van der Waals surface area contributed by atoms with E-state index in [4.69, 9.17) is 0 Å². The lowest BCUT2D eigenvalue weighted by molar-refractivity contribution is 0.196. The van der Waals surface area contributed by atoms with Crippen LogP contribution in [-0.4, -0.2) is 45.5 Å². The Morgan fingerprint density at radius 1 is 0.933 bits per heavy atom. The maximum absolute atomic E-state index is 3.33. The van der Waals surface area contributed by atoms with Gasteiger partial charge in [0, 0.05) is 40.6 Å². The highest BCUT2D eigenvalue weighted by molar-refractivity contribution is 5.75. The molecule has 0 spiro atoms. The van der Waals surface area contributed by atoms with Crippen molar-refractivity contribution in [3.05, 3.63) is 0 Å². The zero-order chi connectivity index (χ0) is 10.7. The number of hydrogen-bond acceptors (Lipinski definition) is 2. The van der Waals surface area contributed by atoms with Gasteiger partial charge >= 0.3 is 0 Å². The first kappa shape index (κ1) is 24.3. The number of nitrogens with one attached hydrogen (secondary N) is 1. The van der Waals surface area contributed by atoms with E-state index in [1.54, 1.807) is 0 Å². The van der Waals surface area contributed by atoms with E-state index in [1.165, 1.54) is 13.1 Å². The van der Waals surface area contributed by atoms with Gasteiger partial charge < -0.3 is 5.32 Å². The molecular weight excluding hydrogens is 183 g/mol. The lowest BCUT2D eigenvalue weighted by Gasteiger charge is -2.30. The van der Waals surface area contributed by atoms with Gasteiger partial charge in [0.1, 0.15) is 0 Å². The second-order valence-corrected chi connectivity index (χ2v) is 2.88. The van der Waals surface area contributed by atoms with Gasteiger partial charge in [-0.15, -0.1) is 0 Å². The van der Waals surface area contributed by atoms with Gasteiger partial charge in [-0.05, 0) is 13.8 Å². The maximum Gasteiger partial charge on any atom is 0.0110 e. The third-order valence-corrected chi connectivity index (χ3v) is 1.88. The van der Waals surface area contributed by atoms with Crippen LogP contribution < -0.4 is 5.32 Å². The SMILES string of the molecule is C.CC.CC.CC(C)N1CCNCC1.[B]. The molecule has 0 aromatic carbocycles. The molecule has 15 heavy (non-hydrogen) atoms. The smallest absolute Gasteiger partial charge is 0.0110 e. The van der Waals surface area contributed by atoms with Crippen molar-refractivity contribution in [1.29, 1.82) is 0 Å². The topological polar surface area (TPSA) is 15.3 Å². The largest absolute Gasteiger partial charge is 0.314 e. The molecule has 1 heterocycles. The molecule has 1 N–H and O–H groups in total. The van der Waals surface area contributed by atoms with E-state index < -0.39 is 0 Å². The first-order chi connectivity index (χ1) is 6.30. The molecule has 1 aliphatic rings. The van der Waals surface area contributed by atoms with E-state index in [0.717, 1.165) is 19.1 Å². The second kappa shape index (κ2) is 19.5. The van der Waals surface area contributed by atoms with E-state index >= 15 is 0 Å². The molecule has 0 unspecified atom stereocenters. The molecule has 1 fully saturated rings. The lowest BCUT2D eigenvalue weighted by atomic mass is 10.3. The fraction of sp³-hybridized carbons (Fsp3) is 1.00. The molecule has 0 saturated carbocycles. The number of rotatable bonds is 1. The second-order valence-electron chi connectivity index (χ2n) is 2.88. The first-order valence-electron chi connectivity index (χ1n) is 5.75. The molecule has 93 valence electrons. The fourth-order valence-corrected chi connectivity index (χ4v) is 1.20. The molecule has 3 radical (unpaired) electrons. The van der Waals surface area contributed by atoms with Crippen LogP contribution in [0.3, 0.4) is 0 Å². The minimum absolute atomic E-state index is 0. The average molecular weight is 215 g/mol. The van der Waals surface area contributed by atoms with Crippen LogP contribution in [-0.2, 0) is 0 Å². The third-order valence-electron chi connectivity index (χ3n) is 1.88. The predicted molar refractivity (Wildman–Crippen MR) is 74.8 cm³/mol. The summed E-state index contributed by atoms with van der Waals surface area (Å²) in [5.41, 5.74) is 0. The van der Waals surface area contributed by atoms with Crippen LogP contribution in [0.15, 0.2) is 0 Å². The summed E-state index contributed by atoms with van der Waals surface area (Å²) in [6, 6.07) is 0.729.